The molecule has 0 bridgehead atoms. The van der Waals surface area contributed by atoms with E-state index in [2.05, 4.69) is 40.4 Å². The Bertz CT molecular complexity index is 540. The molecule has 1 aliphatic heterocycles. The van der Waals surface area contributed by atoms with Crippen molar-refractivity contribution in [2.45, 2.75) is 25.9 Å². The third kappa shape index (κ3) is 5.11. The van der Waals surface area contributed by atoms with Crippen molar-refractivity contribution < 1.29 is 9.47 Å². The van der Waals surface area contributed by atoms with Gasteiger partial charge in [-0.1, -0.05) is 18.2 Å². The maximum Gasteiger partial charge on any atom is 0.191 e. The van der Waals surface area contributed by atoms with Crippen LogP contribution in [0, 0.1) is 0 Å². The van der Waals surface area contributed by atoms with Crippen molar-refractivity contribution in [1.82, 2.24) is 15.5 Å². The molecule has 0 amide bonds. The fraction of sp³-hybridized carbons (Fsp3) is 0.611. The Balaban J connectivity index is 1.86. The molecule has 0 saturated carbocycles. The molecule has 0 aromatic heterocycles. The predicted molar refractivity (Wildman–Crippen MR) is 97.7 cm³/mol. The monoisotopic (exact) mass is 334 g/mol. The number of guanidine groups is 1. The Hall–Kier alpha value is -1.79. The smallest absolute Gasteiger partial charge is 0.191 e. The van der Waals surface area contributed by atoms with Gasteiger partial charge in [-0.05, 0) is 19.9 Å². The lowest BCUT2D eigenvalue weighted by Gasteiger charge is -2.41. The van der Waals surface area contributed by atoms with Gasteiger partial charge in [0.1, 0.15) is 5.75 Å². The third-order valence-corrected chi connectivity index (χ3v) is 4.42. The van der Waals surface area contributed by atoms with Crippen LogP contribution in [0.4, 0.5) is 0 Å². The van der Waals surface area contributed by atoms with Gasteiger partial charge < -0.3 is 20.1 Å². The number of benzene rings is 1. The van der Waals surface area contributed by atoms with E-state index in [1.165, 1.54) is 0 Å². The van der Waals surface area contributed by atoms with Gasteiger partial charge in [0.25, 0.3) is 0 Å². The summed E-state index contributed by atoms with van der Waals surface area (Å²) in [6, 6.07) is 8.00. The van der Waals surface area contributed by atoms with Gasteiger partial charge in [0.15, 0.2) is 5.96 Å². The highest BCUT2D eigenvalue weighted by Gasteiger charge is 2.28. The van der Waals surface area contributed by atoms with Crippen LogP contribution in [0.25, 0.3) is 0 Å². The lowest BCUT2D eigenvalue weighted by atomic mass is 10.0. The molecular weight excluding hydrogens is 304 g/mol. The van der Waals surface area contributed by atoms with Crippen molar-refractivity contribution in [3.05, 3.63) is 29.8 Å². The first-order valence-electron chi connectivity index (χ1n) is 8.46. The van der Waals surface area contributed by atoms with E-state index < -0.39 is 0 Å². The topological polar surface area (TPSA) is 58.1 Å². The Morgan fingerprint density at radius 3 is 2.62 bits per heavy atom. The molecule has 2 N–H and O–H groups in total. The molecule has 0 spiro atoms. The molecule has 1 aliphatic rings. The molecule has 0 aliphatic carbocycles. The lowest BCUT2D eigenvalue weighted by molar-refractivity contribution is -0.00834. The average molecular weight is 334 g/mol. The van der Waals surface area contributed by atoms with Crippen LogP contribution in [0.3, 0.4) is 0 Å². The van der Waals surface area contributed by atoms with E-state index in [0.717, 1.165) is 50.1 Å². The van der Waals surface area contributed by atoms with E-state index in [1.54, 1.807) is 14.2 Å². The van der Waals surface area contributed by atoms with Crippen LogP contribution >= 0.6 is 0 Å². The van der Waals surface area contributed by atoms with Gasteiger partial charge in [-0.2, -0.15) is 0 Å². The standard InChI is InChI=1S/C18H30N4O2/c1-18(2,22-9-11-24-12-10-22)14-21-17(19-3)20-13-15-7-5-6-8-16(15)23-4/h5-8H,9-14H2,1-4H3,(H2,19,20,21). The minimum atomic E-state index is 0.0475. The number of nitrogens with zero attached hydrogens (tertiary/aromatic N) is 2. The van der Waals surface area contributed by atoms with E-state index >= 15 is 0 Å². The van der Waals surface area contributed by atoms with Gasteiger partial charge in [-0.15, -0.1) is 0 Å². The van der Waals surface area contributed by atoms with Gasteiger partial charge in [0.2, 0.25) is 0 Å². The molecular formula is C18H30N4O2. The molecule has 6 heteroatoms. The second-order valence-corrected chi connectivity index (χ2v) is 6.50. The molecule has 0 unspecified atom stereocenters. The predicted octanol–water partition coefficient (Wildman–Crippen LogP) is 1.47. The van der Waals surface area contributed by atoms with Crippen molar-refractivity contribution in [3.63, 3.8) is 0 Å². The number of rotatable bonds is 6. The van der Waals surface area contributed by atoms with Crippen molar-refractivity contribution in [3.8, 4) is 5.75 Å². The number of morpholine rings is 1. The van der Waals surface area contributed by atoms with E-state index in [9.17, 15) is 0 Å². The zero-order chi connectivity index (χ0) is 17.4. The van der Waals surface area contributed by atoms with E-state index in [1.807, 2.05) is 18.2 Å². The maximum absolute atomic E-state index is 5.44. The number of nitrogens with one attached hydrogen (secondary N) is 2. The number of ether oxygens (including phenoxy) is 2. The largest absolute Gasteiger partial charge is 0.496 e. The van der Waals surface area contributed by atoms with Crippen molar-refractivity contribution in [2.75, 3.05) is 47.0 Å². The van der Waals surface area contributed by atoms with E-state index in [-0.39, 0.29) is 5.54 Å². The SMILES string of the molecule is CN=C(NCc1ccccc1OC)NCC(C)(C)N1CCOCC1. The van der Waals surface area contributed by atoms with Crippen molar-refractivity contribution in [2.24, 2.45) is 4.99 Å². The summed E-state index contributed by atoms with van der Waals surface area (Å²) < 4.78 is 10.8. The first-order chi connectivity index (χ1) is 11.6. The van der Waals surface area contributed by atoms with Crippen LogP contribution < -0.4 is 15.4 Å². The van der Waals surface area contributed by atoms with E-state index in [4.69, 9.17) is 9.47 Å². The Kier molecular flexibility index (Phi) is 6.87. The molecule has 24 heavy (non-hydrogen) atoms. The molecule has 0 radical (unpaired) electrons. The van der Waals surface area contributed by atoms with Crippen LogP contribution in [-0.2, 0) is 11.3 Å². The molecule has 1 fully saturated rings. The normalized spacial score (nSPS) is 16.8. The van der Waals surface area contributed by atoms with Gasteiger partial charge in [-0.3, -0.25) is 9.89 Å². The molecule has 1 saturated heterocycles. The number of hydrogen-bond donors (Lipinski definition) is 2. The second-order valence-electron chi connectivity index (χ2n) is 6.50. The lowest BCUT2D eigenvalue weighted by Crippen LogP contribution is -2.56. The Labute approximate surface area is 145 Å². The maximum atomic E-state index is 5.44. The fourth-order valence-corrected chi connectivity index (χ4v) is 2.83. The highest BCUT2D eigenvalue weighted by molar-refractivity contribution is 5.79. The van der Waals surface area contributed by atoms with Gasteiger partial charge in [-0.25, -0.2) is 0 Å². The highest BCUT2D eigenvalue weighted by Crippen LogP contribution is 2.17. The van der Waals surface area contributed by atoms with Crippen LogP contribution in [-0.4, -0.2) is 63.4 Å². The molecule has 6 nitrogen and oxygen atoms in total. The highest BCUT2D eigenvalue weighted by atomic mass is 16.5. The summed E-state index contributed by atoms with van der Waals surface area (Å²) in [6.07, 6.45) is 0. The summed E-state index contributed by atoms with van der Waals surface area (Å²) in [6.45, 7) is 9.55. The zero-order valence-corrected chi connectivity index (χ0v) is 15.3. The average Bonchev–Trinajstić information content (AvgIpc) is 2.63. The molecule has 0 atom stereocenters. The third-order valence-electron chi connectivity index (χ3n) is 4.42. The van der Waals surface area contributed by atoms with Crippen LogP contribution in [0.15, 0.2) is 29.3 Å². The zero-order valence-electron chi connectivity index (χ0n) is 15.3. The molecule has 1 aromatic carbocycles. The summed E-state index contributed by atoms with van der Waals surface area (Å²) in [7, 11) is 3.48. The molecule has 2 rings (SSSR count). The van der Waals surface area contributed by atoms with Crippen LogP contribution in [0.1, 0.15) is 19.4 Å². The number of para-hydroxylation sites is 1. The number of hydrogen-bond acceptors (Lipinski definition) is 4. The molecule has 134 valence electrons. The quantitative estimate of drug-likeness (QED) is 0.609. The summed E-state index contributed by atoms with van der Waals surface area (Å²) in [5.41, 5.74) is 1.15. The number of methoxy groups -OCH3 is 1. The van der Waals surface area contributed by atoms with Gasteiger partial charge in [0.05, 0.1) is 20.3 Å². The summed E-state index contributed by atoms with van der Waals surface area (Å²) >= 11 is 0. The number of aliphatic imine (C=N–C) groups is 1. The van der Waals surface area contributed by atoms with Crippen LogP contribution in [0.5, 0.6) is 5.75 Å². The first-order valence-corrected chi connectivity index (χ1v) is 8.46. The minimum Gasteiger partial charge on any atom is -0.496 e. The van der Waals surface area contributed by atoms with Crippen LogP contribution in [0.2, 0.25) is 0 Å². The summed E-state index contributed by atoms with van der Waals surface area (Å²) in [5.74, 6) is 1.68. The van der Waals surface area contributed by atoms with Gasteiger partial charge >= 0.3 is 0 Å². The molecule has 1 aromatic rings. The second kappa shape index (κ2) is 8.89. The molecule has 1 heterocycles. The van der Waals surface area contributed by atoms with Crippen molar-refractivity contribution in [1.29, 1.82) is 0 Å². The Morgan fingerprint density at radius 1 is 1.25 bits per heavy atom. The summed E-state index contributed by atoms with van der Waals surface area (Å²) in [5, 5.41) is 6.78. The van der Waals surface area contributed by atoms with E-state index in [0.29, 0.717) is 6.54 Å². The van der Waals surface area contributed by atoms with Crippen molar-refractivity contribution >= 4 is 5.96 Å². The van der Waals surface area contributed by atoms with Gasteiger partial charge in [0, 0.05) is 44.3 Å². The first kappa shape index (κ1) is 18.5. The summed E-state index contributed by atoms with van der Waals surface area (Å²) in [4.78, 5) is 6.77. The Morgan fingerprint density at radius 2 is 1.96 bits per heavy atom. The minimum absolute atomic E-state index is 0.0475. The fourth-order valence-electron chi connectivity index (χ4n) is 2.83.